The van der Waals surface area contributed by atoms with Crippen molar-refractivity contribution < 1.29 is 17.4 Å². The molecule has 2 aromatic carbocycles. The monoisotopic (exact) mass is 428 g/mol. The molecule has 2 aromatic heterocycles. The van der Waals surface area contributed by atoms with Crippen LogP contribution < -0.4 is 0 Å². The number of furan rings is 1. The molecule has 0 atom stereocenters. The number of rotatable bonds is 7. The van der Waals surface area contributed by atoms with Gasteiger partial charge >= 0.3 is 0 Å². The molecule has 0 saturated carbocycles. The average Bonchev–Trinajstić information content (AvgIpc) is 3.40. The van der Waals surface area contributed by atoms with E-state index in [1.807, 2.05) is 30.3 Å². The van der Waals surface area contributed by atoms with E-state index in [0.29, 0.717) is 22.2 Å². The lowest BCUT2D eigenvalue weighted by atomic mass is 10.2. The standard InChI is InChI=1S/C21H17ClN2O4S/c22-17-8-4-9-19(12-17)29(25,26)24(14-16-6-2-1-3-7-16)15-18-13-21(28-23-18)20-10-5-11-27-20/h1-13H,14-15H2. The fourth-order valence-electron chi connectivity index (χ4n) is 2.89. The van der Waals surface area contributed by atoms with E-state index < -0.39 is 10.0 Å². The Morgan fingerprint density at radius 2 is 1.72 bits per heavy atom. The summed E-state index contributed by atoms with van der Waals surface area (Å²) in [5.41, 5.74) is 1.32. The quantitative estimate of drug-likeness (QED) is 0.415. The third-order valence-corrected chi connectivity index (χ3v) is 6.32. The van der Waals surface area contributed by atoms with Crippen LogP contribution >= 0.6 is 11.6 Å². The van der Waals surface area contributed by atoms with Gasteiger partial charge in [0, 0.05) is 17.6 Å². The number of sulfonamides is 1. The Kier molecular flexibility index (Phi) is 5.53. The molecule has 4 aromatic rings. The number of halogens is 1. The molecule has 2 heterocycles. The highest BCUT2D eigenvalue weighted by Gasteiger charge is 2.26. The van der Waals surface area contributed by atoms with Crippen LogP contribution in [0.3, 0.4) is 0 Å². The van der Waals surface area contributed by atoms with Gasteiger partial charge in [0.2, 0.25) is 15.8 Å². The van der Waals surface area contributed by atoms with E-state index >= 15 is 0 Å². The molecule has 0 radical (unpaired) electrons. The van der Waals surface area contributed by atoms with E-state index in [9.17, 15) is 8.42 Å². The topological polar surface area (TPSA) is 76.6 Å². The summed E-state index contributed by atoms with van der Waals surface area (Å²) in [4.78, 5) is 0.121. The lowest BCUT2D eigenvalue weighted by Gasteiger charge is -2.21. The van der Waals surface area contributed by atoms with Gasteiger partial charge in [-0.15, -0.1) is 0 Å². The van der Waals surface area contributed by atoms with Crippen molar-refractivity contribution in [3.8, 4) is 11.5 Å². The predicted molar refractivity (Wildman–Crippen MR) is 109 cm³/mol. The van der Waals surface area contributed by atoms with Gasteiger partial charge in [0.05, 0.1) is 23.4 Å². The van der Waals surface area contributed by atoms with E-state index in [2.05, 4.69) is 5.16 Å². The largest absolute Gasteiger partial charge is 0.461 e. The normalized spacial score (nSPS) is 11.8. The molecule has 0 saturated heterocycles. The van der Waals surface area contributed by atoms with Crippen LogP contribution in [0.25, 0.3) is 11.5 Å². The summed E-state index contributed by atoms with van der Waals surface area (Å²) in [6, 6.07) is 20.7. The predicted octanol–water partition coefficient (Wildman–Crippen LogP) is 4.98. The summed E-state index contributed by atoms with van der Waals surface area (Å²) < 4.78 is 38.6. The molecule has 0 N–H and O–H groups in total. The summed E-state index contributed by atoms with van der Waals surface area (Å²) in [5.74, 6) is 0.959. The first-order chi connectivity index (χ1) is 14.0. The van der Waals surface area contributed by atoms with Gasteiger partial charge in [-0.1, -0.05) is 53.2 Å². The molecule has 0 aliphatic carbocycles. The van der Waals surface area contributed by atoms with E-state index in [-0.39, 0.29) is 18.0 Å². The van der Waals surface area contributed by atoms with Crippen LogP contribution in [-0.4, -0.2) is 17.9 Å². The molecule has 0 unspecified atom stereocenters. The SMILES string of the molecule is O=S(=O)(c1cccc(Cl)c1)N(Cc1ccccc1)Cc1cc(-c2ccco2)on1. The van der Waals surface area contributed by atoms with Gasteiger partial charge in [0.25, 0.3) is 0 Å². The maximum Gasteiger partial charge on any atom is 0.243 e. The number of nitrogens with zero attached hydrogens (tertiary/aromatic N) is 2. The maximum absolute atomic E-state index is 13.3. The fraction of sp³-hybridized carbons (Fsp3) is 0.0952. The zero-order valence-corrected chi connectivity index (χ0v) is 16.8. The third kappa shape index (κ3) is 4.42. The summed E-state index contributed by atoms with van der Waals surface area (Å²) >= 11 is 6.02. The average molecular weight is 429 g/mol. The Hall–Kier alpha value is -2.87. The Balaban J connectivity index is 1.67. The second kappa shape index (κ2) is 8.24. The fourth-order valence-corrected chi connectivity index (χ4v) is 4.59. The highest BCUT2D eigenvalue weighted by molar-refractivity contribution is 7.89. The van der Waals surface area contributed by atoms with Crippen molar-refractivity contribution in [2.24, 2.45) is 0 Å². The summed E-state index contributed by atoms with van der Waals surface area (Å²) in [6.07, 6.45) is 1.53. The molecule has 8 heteroatoms. The lowest BCUT2D eigenvalue weighted by molar-refractivity contribution is 0.369. The van der Waals surface area contributed by atoms with Crippen molar-refractivity contribution in [3.63, 3.8) is 0 Å². The van der Waals surface area contributed by atoms with Crippen molar-refractivity contribution in [2.75, 3.05) is 0 Å². The van der Waals surface area contributed by atoms with Crippen LogP contribution in [0, 0.1) is 0 Å². The number of hydrogen-bond donors (Lipinski definition) is 0. The second-order valence-electron chi connectivity index (χ2n) is 6.38. The van der Waals surface area contributed by atoms with Crippen molar-refractivity contribution in [3.05, 3.63) is 95.3 Å². The van der Waals surface area contributed by atoms with Crippen LogP contribution in [0.1, 0.15) is 11.3 Å². The second-order valence-corrected chi connectivity index (χ2v) is 8.75. The minimum Gasteiger partial charge on any atom is -0.461 e. The van der Waals surface area contributed by atoms with Crippen molar-refractivity contribution in [2.45, 2.75) is 18.0 Å². The van der Waals surface area contributed by atoms with Crippen LogP contribution in [0.15, 0.2) is 92.9 Å². The van der Waals surface area contributed by atoms with Crippen LogP contribution in [0.2, 0.25) is 5.02 Å². The highest BCUT2D eigenvalue weighted by atomic mass is 35.5. The third-order valence-electron chi connectivity index (χ3n) is 4.30. The minimum absolute atomic E-state index is 0.0357. The van der Waals surface area contributed by atoms with Gasteiger partial charge in [-0.2, -0.15) is 4.31 Å². The molecular weight excluding hydrogens is 412 g/mol. The van der Waals surface area contributed by atoms with E-state index in [4.69, 9.17) is 20.5 Å². The molecule has 6 nitrogen and oxygen atoms in total. The van der Waals surface area contributed by atoms with Crippen LogP contribution in [0.5, 0.6) is 0 Å². The summed E-state index contributed by atoms with van der Waals surface area (Å²) in [5, 5.41) is 4.37. The lowest BCUT2D eigenvalue weighted by Crippen LogP contribution is -2.30. The Morgan fingerprint density at radius 1 is 0.897 bits per heavy atom. The van der Waals surface area contributed by atoms with Crippen molar-refractivity contribution >= 4 is 21.6 Å². The Morgan fingerprint density at radius 3 is 2.45 bits per heavy atom. The van der Waals surface area contributed by atoms with Crippen LogP contribution in [0.4, 0.5) is 0 Å². The Bertz CT molecular complexity index is 1190. The first-order valence-corrected chi connectivity index (χ1v) is 10.6. The molecule has 148 valence electrons. The van der Waals surface area contributed by atoms with E-state index in [1.165, 1.54) is 22.7 Å². The Labute approximate surface area is 173 Å². The number of benzene rings is 2. The van der Waals surface area contributed by atoms with Gasteiger partial charge in [-0.25, -0.2) is 8.42 Å². The molecule has 29 heavy (non-hydrogen) atoms. The van der Waals surface area contributed by atoms with E-state index in [0.717, 1.165) is 5.56 Å². The van der Waals surface area contributed by atoms with Gasteiger partial charge in [-0.05, 0) is 35.9 Å². The van der Waals surface area contributed by atoms with Gasteiger partial charge in [-0.3, -0.25) is 0 Å². The van der Waals surface area contributed by atoms with Gasteiger partial charge in [0.15, 0.2) is 5.76 Å². The van der Waals surface area contributed by atoms with E-state index in [1.54, 1.807) is 30.3 Å². The van der Waals surface area contributed by atoms with Crippen LogP contribution in [-0.2, 0) is 23.1 Å². The first kappa shape index (κ1) is 19.4. The molecule has 0 aliphatic rings. The smallest absolute Gasteiger partial charge is 0.243 e. The molecule has 0 amide bonds. The summed E-state index contributed by atoms with van der Waals surface area (Å²) in [7, 11) is -3.82. The molecule has 0 bridgehead atoms. The number of hydrogen-bond acceptors (Lipinski definition) is 5. The zero-order valence-electron chi connectivity index (χ0n) is 15.2. The summed E-state index contributed by atoms with van der Waals surface area (Å²) in [6.45, 7) is 0.215. The molecule has 0 aliphatic heterocycles. The van der Waals surface area contributed by atoms with Gasteiger partial charge < -0.3 is 8.94 Å². The van der Waals surface area contributed by atoms with Crippen molar-refractivity contribution in [1.82, 2.24) is 9.46 Å². The first-order valence-electron chi connectivity index (χ1n) is 8.81. The maximum atomic E-state index is 13.3. The molecule has 4 rings (SSSR count). The zero-order chi connectivity index (χ0) is 20.3. The minimum atomic E-state index is -3.82. The number of aromatic nitrogens is 1. The highest BCUT2D eigenvalue weighted by Crippen LogP contribution is 2.25. The van der Waals surface area contributed by atoms with Crippen molar-refractivity contribution in [1.29, 1.82) is 0 Å². The molecular formula is C21H17ClN2O4S. The molecule has 0 fully saturated rings. The molecule has 0 spiro atoms. The van der Waals surface area contributed by atoms with Gasteiger partial charge in [0.1, 0.15) is 0 Å².